The van der Waals surface area contributed by atoms with Crippen molar-refractivity contribution in [1.82, 2.24) is 5.32 Å². The zero-order valence-corrected chi connectivity index (χ0v) is 13.7. The minimum atomic E-state index is -3.66. The quantitative estimate of drug-likeness (QED) is 0.573. The lowest BCUT2D eigenvalue weighted by Crippen LogP contribution is -2.31. The summed E-state index contributed by atoms with van der Waals surface area (Å²) in [6, 6.07) is 3.08. The number of nitrogens with one attached hydrogen (secondary N) is 1. The van der Waals surface area contributed by atoms with Crippen LogP contribution in [-0.2, 0) is 9.84 Å². The highest BCUT2D eigenvalue weighted by atomic mass is 35.5. The monoisotopic (exact) mass is 351 g/mol. The van der Waals surface area contributed by atoms with E-state index in [4.69, 9.17) is 5.73 Å². The van der Waals surface area contributed by atoms with Crippen molar-refractivity contribution in [1.29, 1.82) is 0 Å². The van der Waals surface area contributed by atoms with E-state index in [9.17, 15) is 23.3 Å². The summed E-state index contributed by atoms with van der Waals surface area (Å²) in [5.74, 6) is -0.536. The zero-order valence-electron chi connectivity index (χ0n) is 12.1. The molecule has 10 heteroatoms. The van der Waals surface area contributed by atoms with E-state index in [0.29, 0.717) is 13.1 Å². The zero-order chi connectivity index (χ0) is 16.2. The number of benzene rings is 1. The number of nitrogens with two attached hydrogens (primary N) is 1. The number of halogens is 1. The van der Waals surface area contributed by atoms with Crippen molar-refractivity contribution >= 4 is 33.8 Å². The Hall–Kier alpha value is -1.71. The van der Waals surface area contributed by atoms with Crippen molar-refractivity contribution in [3.05, 3.63) is 33.9 Å². The molecule has 22 heavy (non-hydrogen) atoms. The van der Waals surface area contributed by atoms with Gasteiger partial charge in [0.1, 0.15) is 0 Å². The highest BCUT2D eigenvalue weighted by Crippen LogP contribution is 2.20. The van der Waals surface area contributed by atoms with Crippen LogP contribution in [0.15, 0.2) is 23.1 Å². The third-order valence-electron chi connectivity index (χ3n) is 2.81. The van der Waals surface area contributed by atoms with Crippen molar-refractivity contribution < 1.29 is 18.1 Å². The summed E-state index contributed by atoms with van der Waals surface area (Å²) >= 11 is 0. The second-order valence-electron chi connectivity index (χ2n) is 4.80. The summed E-state index contributed by atoms with van der Waals surface area (Å²) in [6.07, 6.45) is 0.921. The van der Waals surface area contributed by atoms with E-state index in [1.165, 1.54) is 0 Å². The highest BCUT2D eigenvalue weighted by molar-refractivity contribution is 7.90. The van der Waals surface area contributed by atoms with E-state index in [1.807, 2.05) is 6.92 Å². The van der Waals surface area contributed by atoms with Gasteiger partial charge in [0.05, 0.1) is 9.82 Å². The number of carbonyl (C=O) groups is 1. The summed E-state index contributed by atoms with van der Waals surface area (Å²) in [5, 5.41) is 13.4. The molecule has 0 aliphatic rings. The minimum absolute atomic E-state index is 0. The molecule has 0 aliphatic heterocycles. The second-order valence-corrected chi connectivity index (χ2v) is 6.81. The van der Waals surface area contributed by atoms with Crippen molar-refractivity contribution in [2.24, 2.45) is 11.7 Å². The topological polar surface area (TPSA) is 132 Å². The Morgan fingerprint density at radius 3 is 2.45 bits per heavy atom. The summed E-state index contributed by atoms with van der Waals surface area (Å²) in [4.78, 5) is 21.8. The molecule has 124 valence electrons. The van der Waals surface area contributed by atoms with Crippen molar-refractivity contribution in [3.8, 4) is 0 Å². The van der Waals surface area contributed by atoms with Gasteiger partial charge in [0, 0.05) is 30.5 Å². The van der Waals surface area contributed by atoms with Gasteiger partial charge in [0.25, 0.3) is 11.6 Å². The fourth-order valence-electron chi connectivity index (χ4n) is 1.49. The number of amides is 1. The molecule has 1 amide bonds. The molecule has 0 radical (unpaired) electrons. The molecule has 0 saturated heterocycles. The molecule has 0 saturated carbocycles. The molecule has 0 bridgehead atoms. The highest BCUT2D eigenvalue weighted by Gasteiger charge is 2.19. The molecule has 0 aromatic heterocycles. The van der Waals surface area contributed by atoms with Gasteiger partial charge in [0.15, 0.2) is 9.84 Å². The Kier molecular flexibility index (Phi) is 7.44. The van der Waals surface area contributed by atoms with Gasteiger partial charge in [-0.1, -0.05) is 6.92 Å². The molecule has 0 fully saturated rings. The van der Waals surface area contributed by atoms with Crippen LogP contribution < -0.4 is 11.1 Å². The van der Waals surface area contributed by atoms with E-state index >= 15 is 0 Å². The van der Waals surface area contributed by atoms with Gasteiger partial charge in [-0.05, 0) is 18.5 Å². The Bertz CT molecular complexity index is 663. The van der Waals surface area contributed by atoms with Crippen molar-refractivity contribution in [3.63, 3.8) is 0 Å². The largest absolute Gasteiger partial charge is 0.352 e. The van der Waals surface area contributed by atoms with Gasteiger partial charge in [-0.15, -0.1) is 12.4 Å². The van der Waals surface area contributed by atoms with E-state index in [2.05, 4.69) is 5.32 Å². The van der Waals surface area contributed by atoms with Crippen molar-refractivity contribution in [2.75, 3.05) is 19.3 Å². The Morgan fingerprint density at radius 2 is 2.00 bits per heavy atom. The first-order chi connectivity index (χ1) is 9.65. The maximum absolute atomic E-state index is 11.9. The smallest absolute Gasteiger partial charge is 0.271 e. The Balaban J connectivity index is 0.00000441. The predicted octanol–water partition coefficient (Wildman–Crippen LogP) is 0.745. The lowest BCUT2D eigenvalue weighted by atomic mass is 10.1. The fraction of sp³-hybridized carbons (Fsp3) is 0.417. The minimum Gasteiger partial charge on any atom is -0.352 e. The van der Waals surface area contributed by atoms with E-state index < -0.39 is 26.4 Å². The normalized spacial score (nSPS) is 12.1. The van der Waals surface area contributed by atoms with Crippen LogP contribution in [0, 0.1) is 16.0 Å². The van der Waals surface area contributed by atoms with Crippen LogP contribution in [0.3, 0.4) is 0 Å². The molecule has 1 aromatic carbocycles. The predicted molar refractivity (Wildman–Crippen MR) is 84.0 cm³/mol. The molecular weight excluding hydrogens is 334 g/mol. The van der Waals surface area contributed by atoms with Gasteiger partial charge >= 0.3 is 0 Å². The molecular formula is C12H18ClN3O5S. The third-order valence-corrected chi connectivity index (χ3v) is 3.90. The summed E-state index contributed by atoms with van der Waals surface area (Å²) < 4.78 is 23.0. The summed E-state index contributed by atoms with van der Waals surface area (Å²) in [7, 11) is -3.66. The number of rotatable bonds is 6. The molecule has 0 heterocycles. The van der Waals surface area contributed by atoms with Crippen LogP contribution >= 0.6 is 12.4 Å². The van der Waals surface area contributed by atoms with Crippen LogP contribution in [0.4, 0.5) is 5.69 Å². The number of carbonyl (C=O) groups excluding carboxylic acids is 1. The molecule has 1 aromatic rings. The van der Waals surface area contributed by atoms with Gasteiger partial charge in [-0.3, -0.25) is 14.9 Å². The molecule has 0 aliphatic carbocycles. The second kappa shape index (κ2) is 8.06. The molecule has 3 N–H and O–H groups in total. The average molecular weight is 352 g/mol. The lowest BCUT2D eigenvalue weighted by molar-refractivity contribution is -0.385. The third kappa shape index (κ3) is 5.58. The number of nitro benzene ring substituents is 1. The van der Waals surface area contributed by atoms with Crippen LogP contribution in [-0.4, -0.2) is 38.6 Å². The SMILES string of the molecule is CC(CN)CNC(=O)c1cc([N+](=O)[O-])cc(S(C)(=O)=O)c1.Cl. The standard InChI is InChI=1S/C12H17N3O5S.ClH/c1-8(6-13)7-14-12(16)9-3-10(15(17)18)5-11(4-9)21(2,19)20;/h3-5,8H,6-7,13H2,1-2H3,(H,14,16);1H. The molecule has 0 spiro atoms. The van der Waals surface area contributed by atoms with Crippen molar-refractivity contribution in [2.45, 2.75) is 11.8 Å². The van der Waals surface area contributed by atoms with E-state index in [-0.39, 0.29) is 28.8 Å². The summed E-state index contributed by atoms with van der Waals surface area (Å²) in [6.45, 7) is 2.51. The first-order valence-electron chi connectivity index (χ1n) is 6.13. The van der Waals surface area contributed by atoms with Gasteiger partial charge in [-0.25, -0.2) is 8.42 Å². The average Bonchev–Trinajstić information content (AvgIpc) is 2.42. The molecule has 1 atom stereocenters. The first kappa shape index (κ1) is 20.3. The van der Waals surface area contributed by atoms with Gasteiger partial charge in [-0.2, -0.15) is 0 Å². The number of non-ortho nitro benzene ring substituents is 1. The maximum Gasteiger partial charge on any atom is 0.271 e. The van der Waals surface area contributed by atoms with Crippen LogP contribution in [0.2, 0.25) is 0 Å². The van der Waals surface area contributed by atoms with Crippen LogP contribution in [0.25, 0.3) is 0 Å². The van der Waals surface area contributed by atoms with Crippen LogP contribution in [0.1, 0.15) is 17.3 Å². The first-order valence-corrected chi connectivity index (χ1v) is 8.02. The van der Waals surface area contributed by atoms with E-state index in [1.54, 1.807) is 0 Å². The number of nitrogens with zero attached hydrogens (tertiary/aromatic N) is 1. The molecule has 1 unspecified atom stereocenters. The lowest BCUT2D eigenvalue weighted by Gasteiger charge is -2.10. The van der Waals surface area contributed by atoms with E-state index in [0.717, 1.165) is 24.5 Å². The fourth-order valence-corrected chi connectivity index (χ4v) is 2.16. The number of nitro groups is 1. The Morgan fingerprint density at radius 1 is 1.41 bits per heavy atom. The number of hydrogen-bond acceptors (Lipinski definition) is 6. The molecule has 1 rings (SSSR count). The maximum atomic E-state index is 11.9. The van der Waals surface area contributed by atoms with Gasteiger partial charge < -0.3 is 11.1 Å². The summed E-state index contributed by atoms with van der Waals surface area (Å²) in [5.41, 5.74) is 4.90. The Labute approximate surface area is 134 Å². The van der Waals surface area contributed by atoms with Crippen LogP contribution in [0.5, 0.6) is 0 Å². The number of sulfone groups is 1. The number of hydrogen-bond donors (Lipinski definition) is 2. The van der Waals surface area contributed by atoms with Gasteiger partial charge in [0.2, 0.25) is 0 Å². The molecule has 8 nitrogen and oxygen atoms in total.